The number of nitrogens with zero attached hydrogens (tertiary/aromatic N) is 4. The van der Waals surface area contributed by atoms with Crippen LogP contribution in [0.1, 0.15) is 30.6 Å². The van der Waals surface area contributed by atoms with E-state index in [4.69, 9.17) is 0 Å². The summed E-state index contributed by atoms with van der Waals surface area (Å²) < 4.78 is 1.68. The summed E-state index contributed by atoms with van der Waals surface area (Å²) in [6.45, 7) is 6.17. The number of fused-ring (bicyclic) bond motifs is 1. The molecule has 1 aliphatic rings. The highest BCUT2D eigenvalue weighted by molar-refractivity contribution is 6.03. The average molecular weight is 288 g/mol. The van der Waals surface area contributed by atoms with Crippen molar-refractivity contribution >= 4 is 22.7 Å². The number of carboxylic acids is 1. The molecular formula is C15H20N4O2. The van der Waals surface area contributed by atoms with E-state index in [1.807, 2.05) is 7.05 Å². The quantitative estimate of drug-likeness (QED) is 0.916. The van der Waals surface area contributed by atoms with Gasteiger partial charge in [0, 0.05) is 26.3 Å². The number of aryl methyl sites for hydroxylation is 1. The number of carbonyl (C=O) groups is 1. The fourth-order valence-corrected chi connectivity index (χ4v) is 3.43. The molecule has 21 heavy (non-hydrogen) atoms. The van der Waals surface area contributed by atoms with Crippen molar-refractivity contribution in [2.45, 2.75) is 20.3 Å². The molecule has 0 aromatic carbocycles. The minimum absolute atomic E-state index is 0.261. The van der Waals surface area contributed by atoms with Crippen molar-refractivity contribution in [2.24, 2.45) is 18.9 Å². The van der Waals surface area contributed by atoms with Crippen LogP contribution in [0.3, 0.4) is 0 Å². The SMILES string of the molecule is CC1CC(C)CN(c2c(C(=O)O)cnc3c2cnn3C)C1. The van der Waals surface area contributed by atoms with Gasteiger partial charge < -0.3 is 10.0 Å². The zero-order chi connectivity index (χ0) is 15.1. The van der Waals surface area contributed by atoms with Crippen LogP contribution in [0.5, 0.6) is 0 Å². The maximum absolute atomic E-state index is 11.6. The summed E-state index contributed by atoms with van der Waals surface area (Å²) in [4.78, 5) is 18.0. The maximum Gasteiger partial charge on any atom is 0.339 e. The molecule has 3 heterocycles. The van der Waals surface area contributed by atoms with Gasteiger partial charge in [0.25, 0.3) is 0 Å². The predicted octanol–water partition coefficient (Wildman–Crippen LogP) is 2.15. The van der Waals surface area contributed by atoms with Crippen LogP contribution in [0.4, 0.5) is 5.69 Å². The summed E-state index contributed by atoms with van der Waals surface area (Å²) in [7, 11) is 1.82. The number of anilines is 1. The topological polar surface area (TPSA) is 71.2 Å². The van der Waals surface area contributed by atoms with Crippen LogP contribution in [0.25, 0.3) is 11.0 Å². The second kappa shape index (κ2) is 5.02. The van der Waals surface area contributed by atoms with Crippen molar-refractivity contribution in [3.05, 3.63) is 18.0 Å². The zero-order valence-electron chi connectivity index (χ0n) is 12.6. The first-order chi connectivity index (χ1) is 9.97. The molecule has 3 rings (SSSR count). The van der Waals surface area contributed by atoms with Gasteiger partial charge in [-0.05, 0) is 18.3 Å². The summed E-state index contributed by atoms with van der Waals surface area (Å²) >= 11 is 0. The Morgan fingerprint density at radius 1 is 1.29 bits per heavy atom. The molecule has 1 saturated heterocycles. The third-order valence-electron chi connectivity index (χ3n) is 4.15. The molecule has 6 nitrogen and oxygen atoms in total. The molecule has 1 N–H and O–H groups in total. The molecule has 2 aromatic rings. The van der Waals surface area contributed by atoms with Crippen molar-refractivity contribution in [2.75, 3.05) is 18.0 Å². The van der Waals surface area contributed by atoms with Gasteiger partial charge in [-0.15, -0.1) is 0 Å². The molecule has 1 fully saturated rings. The van der Waals surface area contributed by atoms with Gasteiger partial charge in [0.15, 0.2) is 5.65 Å². The third-order valence-corrected chi connectivity index (χ3v) is 4.15. The lowest BCUT2D eigenvalue weighted by Gasteiger charge is -2.37. The highest BCUT2D eigenvalue weighted by atomic mass is 16.4. The van der Waals surface area contributed by atoms with Gasteiger partial charge in [0.1, 0.15) is 5.56 Å². The zero-order valence-corrected chi connectivity index (χ0v) is 12.6. The Morgan fingerprint density at radius 3 is 2.57 bits per heavy atom. The van der Waals surface area contributed by atoms with Crippen LogP contribution in [0, 0.1) is 11.8 Å². The number of rotatable bonds is 2. The van der Waals surface area contributed by atoms with Gasteiger partial charge in [-0.1, -0.05) is 13.8 Å². The highest BCUT2D eigenvalue weighted by Crippen LogP contribution is 2.33. The number of piperidine rings is 1. The summed E-state index contributed by atoms with van der Waals surface area (Å²) in [5.74, 6) is 0.166. The van der Waals surface area contributed by atoms with Gasteiger partial charge >= 0.3 is 5.97 Å². The van der Waals surface area contributed by atoms with Crippen molar-refractivity contribution in [3.63, 3.8) is 0 Å². The molecule has 6 heteroatoms. The smallest absolute Gasteiger partial charge is 0.339 e. The molecule has 0 saturated carbocycles. The first-order valence-corrected chi connectivity index (χ1v) is 7.26. The van der Waals surface area contributed by atoms with Gasteiger partial charge in [-0.25, -0.2) is 9.78 Å². The van der Waals surface area contributed by atoms with Gasteiger partial charge in [-0.3, -0.25) is 4.68 Å². The average Bonchev–Trinajstić information content (AvgIpc) is 2.78. The fourth-order valence-electron chi connectivity index (χ4n) is 3.43. The summed E-state index contributed by atoms with van der Waals surface area (Å²) in [6.07, 6.45) is 4.35. The van der Waals surface area contributed by atoms with Crippen LogP contribution >= 0.6 is 0 Å². The first kappa shape index (κ1) is 13.9. The van der Waals surface area contributed by atoms with Crippen molar-refractivity contribution in [3.8, 4) is 0 Å². The Balaban J connectivity index is 2.18. The van der Waals surface area contributed by atoms with E-state index in [2.05, 4.69) is 28.8 Å². The highest BCUT2D eigenvalue weighted by Gasteiger charge is 2.27. The lowest BCUT2D eigenvalue weighted by atomic mass is 9.91. The van der Waals surface area contributed by atoms with Crippen LogP contribution in [-0.4, -0.2) is 38.9 Å². The molecule has 112 valence electrons. The molecule has 0 radical (unpaired) electrons. The molecular weight excluding hydrogens is 268 g/mol. The normalized spacial score (nSPS) is 22.7. The Labute approximate surface area is 123 Å². The van der Waals surface area contributed by atoms with E-state index >= 15 is 0 Å². The van der Waals surface area contributed by atoms with Crippen LogP contribution < -0.4 is 4.90 Å². The Morgan fingerprint density at radius 2 is 1.95 bits per heavy atom. The second-order valence-electron chi connectivity index (χ2n) is 6.18. The number of hydrogen-bond donors (Lipinski definition) is 1. The van der Waals surface area contributed by atoms with E-state index in [-0.39, 0.29) is 5.56 Å². The first-order valence-electron chi connectivity index (χ1n) is 7.26. The minimum atomic E-state index is -0.936. The lowest BCUT2D eigenvalue weighted by Crippen LogP contribution is -2.39. The Kier molecular flexibility index (Phi) is 3.31. The molecule has 0 bridgehead atoms. The van der Waals surface area contributed by atoms with E-state index in [0.717, 1.165) is 29.8 Å². The molecule has 1 aliphatic heterocycles. The Bertz CT molecular complexity index is 684. The van der Waals surface area contributed by atoms with E-state index in [0.29, 0.717) is 11.8 Å². The van der Waals surface area contributed by atoms with Crippen LogP contribution in [0.15, 0.2) is 12.4 Å². The van der Waals surface area contributed by atoms with Gasteiger partial charge in [0.05, 0.1) is 17.3 Å². The third kappa shape index (κ3) is 2.34. The summed E-state index contributed by atoms with van der Waals surface area (Å²) in [5, 5.41) is 14.5. The molecule has 2 atom stereocenters. The number of aromatic nitrogens is 3. The van der Waals surface area contributed by atoms with Crippen LogP contribution in [-0.2, 0) is 7.05 Å². The largest absolute Gasteiger partial charge is 0.478 e. The summed E-state index contributed by atoms with van der Waals surface area (Å²) in [6, 6.07) is 0. The van der Waals surface area contributed by atoms with E-state index < -0.39 is 5.97 Å². The summed E-state index contributed by atoms with van der Waals surface area (Å²) in [5.41, 5.74) is 1.75. The number of carboxylic acid groups (broad SMARTS) is 1. The lowest BCUT2D eigenvalue weighted by molar-refractivity contribution is 0.0697. The van der Waals surface area contributed by atoms with Crippen molar-refractivity contribution < 1.29 is 9.90 Å². The second-order valence-corrected chi connectivity index (χ2v) is 6.18. The molecule has 2 aromatic heterocycles. The maximum atomic E-state index is 11.6. The van der Waals surface area contributed by atoms with Gasteiger partial charge in [-0.2, -0.15) is 5.10 Å². The monoisotopic (exact) mass is 288 g/mol. The molecule has 2 unspecified atom stereocenters. The standard InChI is InChI=1S/C15H20N4O2/c1-9-4-10(2)8-19(7-9)13-11-6-17-18(3)14(11)16-5-12(13)15(20)21/h5-6,9-10H,4,7-8H2,1-3H3,(H,20,21). The number of aromatic carboxylic acids is 1. The Hall–Kier alpha value is -2.11. The van der Waals surface area contributed by atoms with Crippen molar-refractivity contribution in [1.82, 2.24) is 14.8 Å². The number of pyridine rings is 1. The van der Waals surface area contributed by atoms with E-state index in [1.165, 1.54) is 12.6 Å². The predicted molar refractivity (Wildman–Crippen MR) is 80.6 cm³/mol. The van der Waals surface area contributed by atoms with E-state index in [1.54, 1.807) is 10.9 Å². The van der Waals surface area contributed by atoms with E-state index in [9.17, 15) is 9.90 Å². The van der Waals surface area contributed by atoms with Crippen molar-refractivity contribution in [1.29, 1.82) is 0 Å². The molecule has 0 aliphatic carbocycles. The fraction of sp³-hybridized carbons (Fsp3) is 0.533. The molecule has 0 amide bonds. The molecule has 0 spiro atoms. The number of hydrogen-bond acceptors (Lipinski definition) is 4. The van der Waals surface area contributed by atoms with Crippen LogP contribution in [0.2, 0.25) is 0 Å². The minimum Gasteiger partial charge on any atom is -0.478 e. The van der Waals surface area contributed by atoms with Gasteiger partial charge in [0.2, 0.25) is 0 Å².